The molecule has 1 aliphatic heterocycles. The van der Waals surface area contributed by atoms with E-state index in [-0.39, 0.29) is 11.1 Å². The van der Waals surface area contributed by atoms with Crippen LogP contribution in [0, 0.1) is 0 Å². The van der Waals surface area contributed by atoms with Gasteiger partial charge in [0.15, 0.2) is 5.82 Å². The van der Waals surface area contributed by atoms with Crippen LogP contribution in [0.2, 0.25) is 5.28 Å². The van der Waals surface area contributed by atoms with E-state index in [4.69, 9.17) is 14.3 Å². The molecule has 1 saturated carbocycles. The number of rotatable bonds is 3. The minimum Gasteiger partial charge on any atom is -0.611 e. The van der Waals surface area contributed by atoms with Crippen molar-refractivity contribution < 1.29 is 12.4 Å². The SMILES string of the molecule is [2H]C([2H])(O)C1(Nc2nc(Cl)nc3c2[S+]([O-])CC3)CCC1. The van der Waals surface area contributed by atoms with Crippen molar-refractivity contribution >= 4 is 28.6 Å². The number of hydrogen-bond acceptors (Lipinski definition) is 5. The molecule has 1 unspecified atom stereocenters. The number of fused-ring (bicyclic) bond motifs is 1. The molecule has 1 aliphatic carbocycles. The molecular formula is C11H14ClN3O2S. The van der Waals surface area contributed by atoms with Crippen molar-refractivity contribution in [1.29, 1.82) is 0 Å². The average Bonchev–Trinajstić information content (AvgIpc) is 2.63. The van der Waals surface area contributed by atoms with Crippen molar-refractivity contribution in [2.24, 2.45) is 0 Å². The van der Waals surface area contributed by atoms with E-state index in [0.29, 0.717) is 35.6 Å². The zero-order valence-corrected chi connectivity index (χ0v) is 11.1. The van der Waals surface area contributed by atoms with E-state index >= 15 is 0 Å². The highest BCUT2D eigenvalue weighted by Gasteiger charge is 2.40. The summed E-state index contributed by atoms with van der Waals surface area (Å²) in [5.41, 5.74) is -0.454. The smallest absolute Gasteiger partial charge is 0.224 e. The van der Waals surface area contributed by atoms with E-state index in [1.807, 2.05) is 0 Å². The van der Waals surface area contributed by atoms with Gasteiger partial charge in [0.05, 0.1) is 14.8 Å². The fraction of sp³-hybridized carbons (Fsp3) is 0.636. The zero-order valence-electron chi connectivity index (χ0n) is 11.6. The van der Waals surface area contributed by atoms with Gasteiger partial charge in [0.1, 0.15) is 11.4 Å². The van der Waals surface area contributed by atoms with E-state index in [9.17, 15) is 9.66 Å². The molecule has 3 rings (SSSR count). The standard InChI is InChI=1S/C11H14ClN3O2S/c12-10-13-7-2-5-18(17)8(7)9(14-10)15-11(6-16)3-1-4-11/h16H,1-6H2,(H,13,14,15)/i6D2. The topological polar surface area (TPSA) is 81.1 Å². The second-order valence-corrected chi connectivity index (χ2v) is 6.43. The summed E-state index contributed by atoms with van der Waals surface area (Å²) < 4.78 is 27.2. The Labute approximate surface area is 116 Å². The molecule has 5 nitrogen and oxygen atoms in total. The summed E-state index contributed by atoms with van der Waals surface area (Å²) in [5.74, 6) is 0.756. The highest BCUT2D eigenvalue weighted by Crippen LogP contribution is 2.38. The van der Waals surface area contributed by atoms with Crippen molar-refractivity contribution in [3.8, 4) is 0 Å². The van der Waals surface area contributed by atoms with Gasteiger partial charge in [-0.05, 0) is 42.0 Å². The minimum atomic E-state index is -2.38. The summed E-state index contributed by atoms with van der Waals surface area (Å²) in [4.78, 5) is 8.60. The maximum absolute atomic E-state index is 12.0. The van der Waals surface area contributed by atoms with Gasteiger partial charge in [0.2, 0.25) is 10.2 Å². The van der Waals surface area contributed by atoms with Gasteiger partial charge in [-0.2, -0.15) is 4.98 Å². The van der Waals surface area contributed by atoms with Crippen LogP contribution >= 0.6 is 11.6 Å². The van der Waals surface area contributed by atoms with Gasteiger partial charge in [-0.15, -0.1) is 0 Å². The second kappa shape index (κ2) is 4.52. The van der Waals surface area contributed by atoms with Gasteiger partial charge < -0.3 is 15.0 Å². The predicted molar refractivity (Wildman–Crippen MR) is 69.3 cm³/mol. The monoisotopic (exact) mass is 289 g/mol. The van der Waals surface area contributed by atoms with E-state index in [0.717, 1.165) is 6.42 Å². The zero-order chi connectivity index (χ0) is 14.5. The van der Waals surface area contributed by atoms with Crippen LogP contribution in [0.4, 0.5) is 5.82 Å². The van der Waals surface area contributed by atoms with Crippen molar-refractivity contribution in [2.45, 2.75) is 36.1 Å². The molecule has 0 bridgehead atoms. The number of aryl methyl sites for hydroxylation is 1. The van der Waals surface area contributed by atoms with Crippen LogP contribution in [-0.4, -0.2) is 37.5 Å². The highest BCUT2D eigenvalue weighted by molar-refractivity contribution is 7.91. The maximum Gasteiger partial charge on any atom is 0.224 e. The van der Waals surface area contributed by atoms with Gasteiger partial charge in [-0.1, -0.05) is 0 Å². The van der Waals surface area contributed by atoms with E-state index < -0.39 is 23.3 Å². The van der Waals surface area contributed by atoms with Crippen LogP contribution in [0.5, 0.6) is 0 Å². The van der Waals surface area contributed by atoms with Crippen molar-refractivity contribution in [1.82, 2.24) is 9.97 Å². The van der Waals surface area contributed by atoms with Crippen LogP contribution in [0.25, 0.3) is 0 Å². The minimum absolute atomic E-state index is 0.0399. The van der Waals surface area contributed by atoms with Crippen molar-refractivity contribution in [2.75, 3.05) is 17.6 Å². The molecule has 98 valence electrons. The first-order valence-electron chi connectivity index (χ1n) is 6.78. The number of hydrogen-bond donors (Lipinski definition) is 2. The molecule has 2 N–H and O–H groups in total. The summed E-state index contributed by atoms with van der Waals surface area (Å²) in [5, 5.41) is 12.7. The van der Waals surface area contributed by atoms with E-state index in [1.54, 1.807) is 0 Å². The molecule has 7 heteroatoms. The van der Waals surface area contributed by atoms with Crippen LogP contribution in [0.15, 0.2) is 4.90 Å². The first-order chi connectivity index (χ1) is 9.32. The quantitative estimate of drug-likeness (QED) is 0.644. The second-order valence-electron chi connectivity index (χ2n) is 4.59. The summed E-state index contributed by atoms with van der Waals surface area (Å²) in [6.45, 7) is -2.38. The third-order valence-corrected chi connectivity index (χ3v) is 5.07. The molecule has 1 aromatic heterocycles. The van der Waals surface area contributed by atoms with E-state index in [2.05, 4.69) is 15.3 Å². The Hall–Kier alpha value is -0.560. The Morgan fingerprint density at radius 2 is 2.33 bits per heavy atom. The largest absolute Gasteiger partial charge is 0.611 e. The molecule has 1 aromatic rings. The molecule has 18 heavy (non-hydrogen) atoms. The Bertz CT molecular complexity index is 551. The summed E-state index contributed by atoms with van der Waals surface area (Å²) in [6.07, 6.45) is 2.36. The normalized spacial score (nSPS) is 26.9. The Morgan fingerprint density at radius 3 is 2.94 bits per heavy atom. The maximum atomic E-state index is 12.0. The number of aromatic nitrogens is 2. The Kier molecular flexibility index (Phi) is 2.58. The highest BCUT2D eigenvalue weighted by atomic mass is 35.5. The van der Waals surface area contributed by atoms with Crippen LogP contribution in [0.3, 0.4) is 0 Å². The van der Waals surface area contributed by atoms with Crippen LogP contribution in [-0.2, 0) is 17.6 Å². The van der Waals surface area contributed by atoms with Gasteiger partial charge >= 0.3 is 0 Å². The summed E-state index contributed by atoms with van der Waals surface area (Å²) in [6, 6.07) is 0. The van der Waals surface area contributed by atoms with Gasteiger partial charge in [0.25, 0.3) is 0 Å². The average molecular weight is 290 g/mol. The Morgan fingerprint density at radius 1 is 1.56 bits per heavy atom. The first kappa shape index (κ1) is 10.3. The molecule has 0 saturated heterocycles. The number of aliphatic hydroxyl groups is 1. The molecule has 0 amide bonds. The lowest BCUT2D eigenvalue weighted by Crippen LogP contribution is -2.48. The number of nitrogens with zero attached hydrogens (tertiary/aromatic N) is 2. The van der Waals surface area contributed by atoms with Crippen molar-refractivity contribution in [3.05, 3.63) is 11.0 Å². The molecule has 1 fully saturated rings. The lowest BCUT2D eigenvalue weighted by atomic mass is 9.77. The summed E-state index contributed by atoms with van der Waals surface area (Å²) in [7, 11) is 0. The lowest BCUT2D eigenvalue weighted by Gasteiger charge is -2.41. The molecule has 0 aromatic carbocycles. The molecular weight excluding hydrogens is 274 g/mol. The lowest BCUT2D eigenvalue weighted by molar-refractivity contribution is 0.143. The fourth-order valence-electron chi connectivity index (χ4n) is 2.27. The van der Waals surface area contributed by atoms with Crippen LogP contribution < -0.4 is 5.32 Å². The van der Waals surface area contributed by atoms with Gasteiger partial charge in [-0.25, -0.2) is 4.98 Å². The first-order valence-corrected chi connectivity index (χ1v) is 7.47. The molecule has 2 heterocycles. The fourth-order valence-corrected chi connectivity index (χ4v) is 3.77. The molecule has 1 atom stereocenters. The number of anilines is 1. The van der Waals surface area contributed by atoms with Gasteiger partial charge in [-0.3, -0.25) is 0 Å². The summed E-state index contributed by atoms with van der Waals surface area (Å²) >= 11 is 4.66. The van der Waals surface area contributed by atoms with Gasteiger partial charge in [0, 0.05) is 6.42 Å². The number of nitrogens with one attached hydrogen (secondary N) is 1. The molecule has 0 spiro atoms. The number of halogens is 1. The third-order valence-electron chi connectivity index (χ3n) is 3.44. The molecule has 2 aliphatic rings. The predicted octanol–water partition coefficient (Wildman–Crippen LogP) is 1.12. The third kappa shape index (κ3) is 1.97. The molecule has 0 radical (unpaired) electrons. The van der Waals surface area contributed by atoms with Crippen molar-refractivity contribution in [3.63, 3.8) is 0 Å². The van der Waals surface area contributed by atoms with E-state index in [1.165, 1.54) is 0 Å². The Balaban J connectivity index is 1.99. The van der Waals surface area contributed by atoms with Crippen LogP contribution in [0.1, 0.15) is 27.7 Å².